The number of ether oxygens (including phenoxy) is 1. The Morgan fingerprint density at radius 3 is 2.52 bits per heavy atom. The summed E-state index contributed by atoms with van der Waals surface area (Å²) in [5.74, 6) is -0.516. The molecule has 0 spiro atoms. The molecule has 2 aromatic heterocycles. The maximum Gasteiger partial charge on any atom is 0.417 e. The second kappa shape index (κ2) is 10.2. The van der Waals surface area contributed by atoms with E-state index >= 15 is 0 Å². The van der Waals surface area contributed by atoms with Gasteiger partial charge in [-0.1, -0.05) is 23.2 Å². The number of rotatable bonds is 7. The molecule has 0 radical (unpaired) electrons. The smallest absolute Gasteiger partial charge is 0.363 e. The number of ketones is 1. The third kappa shape index (κ3) is 5.70. The minimum Gasteiger partial charge on any atom is -0.363 e. The quantitative estimate of drug-likeness (QED) is 0.306. The Morgan fingerprint density at radius 1 is 1.15 bits per heavy atom. The SMILES string of the molecule is COCN(c1cc(Cl)cnc1C(=O)c1ccnc(C)c1)S(=O)c1ccc(Cl)c(C(F)(F)F)c1. The summed E-state index contributed by atoms with van der Waals surface area (Å²) in [6.45, 7) is 1.37. The monoisotopic (exact) mass is 517 g/mol. The molecule has 0 N–H and O–H groups in total. The first kappa shape index (κ1) is 25.1. The Hall–Kier alpha value is -2.53. The van der Waals surface area contributed by atoms with Crippen LogP contribution >= 0.6 is 23.2 Å². The molecule has 2 heterocycles. The number of methoxy groups -OCH3 is 1. The predicted molar refractivity (Wildman–Crippen MR) is 119 cm³/mol. The van der Waals surface area contributed by atoms with E-state index in [2.05, 4.69) is 9.97 Å². The van der Waals surface area contributed by atoms with Crippen molar-refractivity contribution in [2.75, 3.05) is 18.1 Å². The van der Waals surface area contributed by atoms with E-state index in [1.165, 1.54) is 37.7 Å². The first-order chi connectivity index (χ1) is 15.5. The van der Waals surface area contributed by atoms with E-state index in [0.717, 1.165) is 10.4 Å². The van der Waals surface area contributed by atoms with E-state index in [1.54, 1.807) is 13.0 Å². The molecule has 0 aliphatic carbocycles. The van der Waals surface area contributed by atoms with Crippen LogP contribution in [0.3, 0.4) is 0 Å². The summed E-state index contributed by atoms with van der Waals surface area (Å²) in [7, 11) is -0.930. The summed E-state index contributed by atoms with van der Waals surface area (Å²) in [5.41, 5.74) is -0.367. The Morgan fingerprint density at radius 2 is 1.88 bits per heavy atom. The van der Waals surface area contributed by atoms with Gasteiger partial charge in [0.25, 0.3) is 0 Å². The van der Waals surface area contributed by atoms with Crippen molar-refractivity contribution >= 4 is 45.7 Å². The number of hydrogen-bond acceptors (Lipinski definition) is 5. The summed E-state index contributed by atoms with van der Waals surface area (Å²) >= 11 is 11.8. The maximum absolute atomic E-state index is 13.4. The molecular formula is C21H16Cl2F3N3O3S. The van der Waals surface area contributed by atoms with Crippen molar-refractivity contribution in [2.45, 2.75) is 18.0 Å². The molecule has 0 amide bonds. The highest BCUT2D eigenvalue weighted by atomic mass is 35.5. The van der Waals surface area contributed by atoms with Crippen molar-refractivity contribution in [3.05, 3.63) is 81.4 Å². The molecule has 174 valence electrons. The summed E-state index contributed by atoms with van der Waals surface area (Å²) in [4.78, 5) is 21.1. The predicted octanol–water partition coefficient (Wildman–Crippen LogP) is 5.47. The zero-order valence-corrected chi connectivity index (χ0v) is 19.5. The van der Waals surface area contributed by atoms with Crippen LogP contribution < -0.4 is 4.31 Å². The summed E-state index contributed by atoms with van der Waals surface area (Å²) in [6.07, 6.45) is -2.05. The average molecular weight is 518 g/mol. The molecule has 3 aromatic rings. The van der Waals surface area contributed by atoms with E-state index in [9.17, 15) is 22.2 Å². The minimum absolute atomic E-state index is 0.0191. The van der Waals surface area contributed by atoms with E-state index in [4.69, 9.17) is 27.9 Å². The Bertz CT molecular complexity index is 1220. The molecule has 0 fully saturated rings. The van der Waals surface area contributed by atoms with Gasteiger partial charge in [-0.2, -0.15) is 13.2 Å². The van der Waals surface area contributed by atoms with Gasteiger partial charge in [-0.25, -0.2) is 9.19 Å². The Labute approximate surface area is 199 Å². The standard InChI is InChI=1S/C21H16Cl2F3N3O3S/c1-12-7-13(5-6-27-12)20(30)19-18(8-14(22)10-28-19)29(11-32-2)33(31)15-3-4-17(23)16(9-15)21(24,25)26/h3-10H,11H2,1-2H3. The first-order valence-electron chi connectivity index (χ1n) is 9.21. The average Bonchev–Trinajstić information content (AvgIpc) is 2.76. The number of nitrogens with zero attached hydrogens (tertiary/aromatic N) is 3. The normalized spacial score (nSPS) is 12.5. The fourth-order valence-corrected chi connectivity index (χ4v) is 4.45. The Balaban J connectivity index is 2.12. The number of anilines is 1. The van der Waals surface area contributed by atoms with Gasteiger partial charge in [0, 0.05) is 30.8 Å². The largest absolute Gasteiger partial charge is 0.417 e. The van der Waals surface area contributed by atoms with Crippen molar-refractivity contribution in [3.63, 3.8) is 0 Å². The third-order valence-electron chi connectivity index (χ3n) is 4.37. The molecule has 0 aliphatic heterocycles. The maximum atomic E-state index is 13.4. The Kier molecular flexibility index (Phi) is 7.73. The van der Waals surface area contributed by atoms with Crippen molar-refractivity contribution in [1.82, 2.24) is 9.97 Å². The van der Waals surface area contributed by atoms with Crippen LogP contribution in [0, 0.1) is 6.92 Å². The highest BCUT2D eigenvalue weighted by Gasteiger charge is 2.34. The van der Waals surface area contributed by atoms with Crippen molar-refractivity contribution < 1.29 is 26.9 Å². The lowest BCUT2D eigenvalue weighted by atomic mass is 10.1. The lowest BCUT2D eigenvalue weighted by Gasteiger charge is -2.24. The van der Waals surface area contributed by atoms with Crippen LogP contribution in [0.4, 0.5) is 18.9 Å². The summed E-state index contributed by atoms with van der Waals surface area (Å²) < 4.78 is 59.5. The van der Waals surface area contributed by atoms with Crippen LogP contribution in [-0.4, -0.2) is 33.8 Å². The van der Waals surface area contributed by atoms with Crippen LogP contribution in [-0.2, 0) is 21.9 Å². The number of hydrogen-bond donors (Lipinski definition) is 0. The molecule has 6 nitrogen and oxygen atoms in total. The molecule has 33 heavy (non-hydrogen) atoms. The molecule has 1 unspecified atom stereocenters. The van der Waals surface area contributed by atoms with Crippen molar-refractivity contribution in [3.8, 4) is 0 Å². The van der Waals surface area contributed by atoms with Gasteiger partial charge >= 0.3 is 6.18 Å². The lowest BCUT2D eigenvalue weighted by molar-refractivity contribution is -0.137. The van der Waals surface area contributed by atoms with Crippen LogP contribution in [0.25, 0.3) is 0 Å². The fourth-order valence-electron chi connectivity index (χ4n) is 2.90. The lowest BCUT2D eigenvalue weighted by Crippen LogP contribution is -2.30. The van der Waals surface area contributed by atoms with Gasteiger partial charge in [-0.3, -0.25) is 14.1 Å². The van der Waals surface area contributed by atoms with E-state index in [0.29, 0.717) is 11.8 Å². The van der Waals surface area contributed by atoms with Crippen molar-refractivity contribution in [2.24, 2.45) is 0 Å². The molecule has 0 bridgehead atoms. The van der Waals surface area contributed by atoms with Gasteiger partial charge in [0.1, 0.15) is 12.4 Å². The number of aryl methyl sites for hydroxylation is 1. The molecule has 12 heteroatoms. The highest BCUT2D eigenvalue weighted by molar-refractivity contribution is 7.86. The highest BCUT2D eigenvalue weighted by Crippen LogP contribution is 2.36. The zero-order valence-electron chi connectivity index (χ0n) is 17.2. The van der Waals surface area contributed by atoms with Crippen LogP contribution in [0.2, 0.25) is 10.0 Å². The molecule has 0 aliphatic rings. The number of aromatic nitrogens is 2. The zero-order chi connectivity index (χ0) is 24.3. The molecular weight excluding hydrogens is 502 g/mol. The number of alkyl halides is 3. The van der Waals surface area contributed by atoms with Gasteiger partial charge in [0.05, 0.1) is 26.2 Å². The van der Waals surface area contributed by atoms with Gasteiger partial charge in [0.15, 0.2) is 11.0 Å². The number of carbonyl (C=O) groups excluding carboxylic acids is 1. The molecule has 0 saturated heterocycles. The fraction of sp³-hybridized carbons (Fsp3) is 0.190. The van der Waals surface area contributed by atoms with Gasteiger partial charge < -0.3 is 4.74 Å². The second-order valence-corrected chi connectivity index (χ2v) is 8.98. The number of halogens is 5. The number of carbonyl (C=O) groups is 1. The summed E-state index contributed by atoms with van der Waals surface area (Å²) in [5, 5.41) is -0.410. The van der Waals surface area contributed by atoms with Crippen LogP contribution in [0.5, 0.6) is 0 Å². The molecule has 1 aromatic carbocycles. The minimum atomic E-state index is -4.75. The van der Waals surface area contributed by atoms with E-state index in [-0.39, 0.29) is 33.6 Å². The molecule has 3 rings (SSSR count). The molecule has 1 atom stereocenters. The molecule has 0 saturated carbocycles. The van der Waals surface area contributed by atoms with Gasteiger partial charge in [-0.15, -0.1) is 0 Å². The summed E-state index contributed by atoms with van der Waals surface area (Å²) in [6, 6.07) is 7.27. The van der Waals surface area contributed by atoms with Gasteiger partial charge in [0.2, 0.25) is 5.78 Å². The van der Waals surface area contributed by atoms with Gasteiger partial charge in [-0.05, 0) is 43.3 Å². The third-order valence-corrected chi connectivity index (χ3v) is 6.26. The van der Waals surface area contributed by atoms with E-state index in [1.807, 2.05) is 0 Å². The number of benzene rings is 1. The second-order valence-electron chi connectivity index (χ2n) is 6.72. The number of pyridine rings is 2. The topological polar surface area (TPSA) is 72.4 Å². The van der Waals surface area contributed by atoms with E-state index < -0.39 is 33.5 Å². The van der Waals surface area contributed by atoms with Crippen molar-refractivity contribution in [1.29, 1.82) is 0 Å². The van der Waals surface area contributed by atoms with Crippen LogP contribution in [0.15, 0.2) is 53.7 Å². The van der Waals surface area contributed by atoms with Crippen LogP contribution in [0.1, 0.15) is 27.3 Å². The first-order valence-corrected chi connectivity index (χ1v) is 11.1.